The van der Waals surface area contributed by atoms with E-state index in [0.717, 1.165) is 24.9 Å². The summed E-state index contributed by atoms with van der Waals surface area (Å²) in [4.78, 5) is 13.2. The van der Waals surface area contributed by atoms with Crippen molar-refractivity contribution in [1.82, 2.24) is 19.5 Å². The fourth-order valence-electron chi connectivity index (χ4n) is 2.80. The van der Waals surface area contributed by atoms with Gasteiger partial charge in [0, 0.05) is 17.6 Å². The van der Waals surface area contributed by atoms with E-state index in [0.29, 0.717) is 46.0 Å². The molecule has 0 spiro atoms. The Morgan fingerprint density at radius 1 is 1.27 bits per heavy atom. The Labute approximate surface area is 155 Å². The second-order valence-corrected chi connectivity index (χ2v) is 6.46. The maximum Gasteiger partial charge on any atom is 0.231 e. The minimum absolute atomic E-state index is 0.208. The topological polar surface area (TPSA) is 100 Å². The Kier molecular flexibility index (Phi) is 4.42. The Balaban J connectivity index is 1.66. The van der Waals surface area contributed by atoms with E-state index in [9.17, 15) is 0 Å². The molecule has 0 radical (unpaired) electrons. The highest BCUT2D eigenvalue weighted by Gasteiger charge is 2.18. The molecule has 0 aliphatic carbocycles. The molecular weight excluding hydrogens is 356 g/mol. The molecule has 1 aromatic carbocycles. The molecule has 136 valence electrons. The molecule has 0 bridgehead atoms. The molecule has 2 aromatic heterocycles. The smallest absolute Gasteiger partial charge is 0.231 e. The van der Waals surface area contributed by atoms with Crippen molar-refractivity contribution in [3.05, 3.63) is 29.0 Å². The van der Waals surface area contributed by atoms with Crippen molar-refractivity contribution in [3.63, 3.8) is 0 Å². The first-order valence-electron chi connectivity index (χ1n) is 8.46. The van der Waals surface area contributed by atoms with E-state index in [1.807, 2.05) is 10.6 Å². The lowest BCUT2D eigenvalue weighted by Crippen LogP contribution is -2.08. The van der Waals surface area contributed by atoms with Gasteiger partial charge in [-0.3, -0.25) is 0 Å². The minimum Gasteiger partial charge on any atom is -0.454 e. The number of nitrogens with two attached hydrogens (primary N) is 1. The van der Waals surface area contributed by atoms with Crippen molar-refractivity contribution >= 4 is 34.5 Å². The van der Waals surface area contributed by atoms with Crippen LogP contribution in [0.25, 0.3) is 11.2 Å². The largest absolute Gasteiger partial charge is 0.454 e. The van der Waals surface area contributed by atoms with Gasteiger partial charge in [-0.05, 0) is 18.1 Å². The third-order valence-electron chi connectivity index (χ3n) is 4.19. The van der Waals surface area contributed by atoms with Crippen LogP contribution in [0.1, 0.15) is 25.3 Å². The predicted octanol–water partition coefficient (Wildman–Crippen LogP) is 3.05. The van der Waals surface area contributed by atoms with Crippen molar-refractivity contribution in [3.8, 4) is 11.5 Å². The van der Waals surface area contributed by atoms with Gasteiger partial charge in [-0.25, -0.2) is 4.98 Å². The zero-order valence-corrected chi connectivity index (χ0v) is 15.1. The number of anilines is 2. The van der Waals surface area contributed by atoms with E-state index in [2.05, 4.69) is 27.2 Å². The lowest BCUT2D eigenvalue weighted by Gasteiger charge is -2.09. The third kappa shape index (κ3) is 3.08. The Hall–Kier alpha value is -2.74. The van der Waals surface area contributed by atoms with Gasteiger partial charge in [0.2, 0.25) is 12.7 Å². The average molecular weight is 375 g/mol. The molecule has 0 fully saturated rings. The molecule has 0 saturated heterocycles. The lowest BCUT2D eigenvalue weighted by atomic mass is 10.2. The SMILES string of the molecule is CCCCNc1nc(N)c2ncn(Cc3cc4c(cc3Cl)OCO4)c2n1. The van der Waals surface area contributed by atoms with Crippen LogP contribution in [0, 0.1) is 0 Å². The van der Waals surface area contributed by atoms with Gasteiger partial charge in [-0.2, -0.15) is 9.97 Å². The highest BCUT2D eigenvalue weighted by Crippen LogP contribution is 2.37. The highest BCUT2D eigenvalue weighted by atomic mass is 35.5. The zero-order valence-electron chi connectivity index (χ0n) is 14.3. The van der Waals surface area contributed by atoms with Crippen LogP contribution in [0.4, 0.5) is 11.8 Å². The molecule has 0 unspecified atom stereocenters. The molecule has 3 aromatic rings. The van der Waals surface area contributed by atoms with Gasteiger partial charge in [0.15, 0.2) is 23.0 Å². The Bertz CT molecular complexity index is 958. The van der Waals surface area contributed by atoms with Crippen molar-refractivity contribution in [2.75, 3.05) is 24.4 Å². The van der Waals surface area contributed by atoms with Crippen LogP contribution in [0.2, 0.25) is 5.02 Å². The van der Waals surface area contributed by atoms with Crippen LogP contribution in [0.15, 0.2) is 18.5 Å². The number of nitrogens with one attached hydrogen (secondary N) is 1. The van der Waals surface area contributed by atoms with Gasteiger partial charge in [-0.15, -0.1) is 0 Å². The van der Waals surface area contributed by atoms with Crippen LogP contribution in [0.3, 0.4) is 0 Å². The van der Waals surface area contributed by atoms with Crippen LogP contribution >= 0.6 is 11.6 Å². The molecule has 0 saturated carbocycles. The third-order valence-corrected chi connectivity index (χ3v) is 4.54. The van der Waals surface area contributed by atoms with Gasteiger partial charge in [0.25, 0.3) is 0 Å². The van der Waals surface area contributed by atoms with E-state index in [1.54, 1.807) is 12.4 Å². The molecule has 4 rings (SSSR count). The quantitative estimate of drug-likeness (QED) is 0.639. The summed E-state index contributed by atoms with van der Waals surface area (Å²) in [6.07, 6.45) is 3.81. The molecule has 1 aliphatic heterocycles. The predicted molar refractivity (Wildman–Crippen MR) is 99.8 cm³/mol. The maximum absolute atomic E-state index is 6.38. The summed E-state index contributed by atoms with van der Waals surface area (Å²) in [7, 11) is 0. The fourth-order valence-corrected chi connectivity index (χ4v) is 3.02. The summed E-state index contributed by atoms with van der Waals surface area (Å²) in [6, 6.07) is 3.64. The monoisotopic (exact) mass is 374 g/mol. The molecular formula is C17H19ClN6O2. The second kappa shape index (κ2) is 6.87. The molecule has 3 heterocycles. The Morgan fingerprint density at radius 3 is 2.88 bits per heavy atom. The normalized spacial score (nSPS) is 12.7. The van der Waals surface area contributed by atoms with Gasteiger partial charge >= 0.3 is 0 Å². The first-order chi connectivity index (χ1) is 12.7. The number of aromatic nitrogens is 4. The van der Waals surface area contributed by atoms with Crippen LogP contribution in [-0.4, -0.2) is 32.9 Å². The summed E-state index contributed by atoms with van der Waals surface area (Å²) in [5, 5.41) is 3.80. The minimum atomic E-state index is 0.208. The number of ether oxygens (including phenoxy) is 2. The zero-order chi connectivity index (χ0) is 18.1. The fraction of sp³-hybridized carbons (Fsp3) is 0.353. The number of imidazole rings is 1. The van der Waals surface area contributed by atoms with Crippen LogP contribution in [0.5, 0.6) is 11.5 Å². The molecule has 26 heavy (non-hydrogen) atoms. The summed E-state index contributed by atoms with van der Waals surface area (Å²) in [5.74, 6) is 2.19. The van der Waals surface area contributed by atoms with E-state index >= 15 is 0 Å². The first kappa shape index (κ1) is 16.7. The summed E-state index contributed by atoms with van der Waals surface area (Å²) >= 11 is 6.38. The second-order valence-electron chi connectivity index (χ2n) is 6.05. The van der Waals surface area contributed by atoms with Gasteiger partial charge in [0.1, 0.15) is 5.52 Å². The number of nitrogen functional groups attached to an aromatic ring is 1. The van der Waals surface area contributed by atoms with Gasteiger partial charge < -0.3 is 25.1 Å². The molecule has 9 heteroatoms. The van der Waals surface area contributed by atoms with E-state index < -0.39 is 0 Å². The number of hydrogen-bond acceptors (Lipinski definition) is 7. The number of halogens is 1. The van der Waals surface area contributed by atoms with Gasteiger partial charge in [0.05, 0.1) is 12.9 Å². The number of unbranched alkanes of at least 4 members (excludes halogenated alkanes) is 1. The summed E-state index contributed by atoms with van der Waals surface area (Å²) in [5.41, 5.74) is 8.15. The van der Waals surface area contributed by atoms with E-state index in [1.165, 1.54) is 0 Å². The summed E-state index contributed by atoms with van der Waals surface area (Å²) < 4.78 is 12.7. The van der Waals surface area contributed by atoms with E-state index in [4.69, 9.17) is 26.8 Å². The van der Waals surface area contributed by atoms with Crippen molar-refractivity contribution < 1.29 is 9.47 Å². The maximum atomic E-state index is 6.38. The van der Waals surface area contributed by atoms with Crippen molar-refractivity contribution in [2.45, 2.75) is 26.3 Å². The molecule has 3 N–H and O–H groups in total. The first-order valence-corrected chi connectivity index (χ1v) is 8.83. The van der Waals surface area contributed by atoms with Crippen LogP contribution < -0.4 is 20.5 Å². The number of fused-ring (bicyclic) bond motifs is 2. The standard InChI is InChI=1S/C17H19ClN6O2/c1-2-3-4-20-17-22-15(19)14-16(23-17)24(8-21-14)7-10-5-12-13(6-11(10)18)26-9-25-12/h5-6,8H,2-4,7,9H2,1H3,(H3,19,20,22,23). The van der Waals surface area contributed by atoms with E-state index in [-0.39, 0.29) is 6.79 Å². The number of rotatable bonds is 6. The van der Waals surface area contributed by atoms with Crippen LogP contribution in [-0.2, 0) is 6.54 Å². The van der Waals surface area contributed by atoms with Crippen molar-refractivity contribution in [2.24, 2.45) is 0 Å². The Morgan fingerprint density at radius 2 is 2.08 bits per heavy atom. The number of benzene rings is 1. The summed E-state index contributed by atoms with van der Waals surface area (Å²) in [6.45, 7) is 3.62. The molecule has 0 atom stereocenters. The highest BCUT2D eigenvalue weighted by molar-refractivity contribution is 6.31. The van der Waals surface area contributed by atoms with Gasteiger partial charge in [-0.1, -0.05) is 24.9 Å². The molecule has 0 amide bonds. The average Bonchev–Trinajstić information content (AvgIpc) is 3.23. The lowest BCUT2D eigenvalue weighted by molar-refractivity contribution is 0.174. The molecule has 1 aliphatic rings. The number of hydrogen-bond donors (Lipinski definition) is 2. The molecule has 8 nitrogen and oxygen atoms in total. The number of nitrogens with zero attached hydrogens (tertiary/aromatic N) is 4. The van der Waals surface area contributed by atoms with Crippen molar-refractivity contribution in [1.29, 1.82) is 0 Å².